The molecule has 1 fully saturated rings. The van der Waals surface area contributed by atoms with Gasteiger partial charge in [-0.25, -0.2) is 0 Å². The Labute approximate surface area is 175 Å². The molecule has 0 atom stereocenters. The molecule has 2 aromatic heterocycles. The first-order valence-corrected chi connectivity index (χ1v) is 9.78. The van der Waals surface area contributed by atoms with Crippen molar-refractivity contribution in [2.75, 3.05) is 26.3 Å². The number of hydrogen-bond acceptors (Lipinski definition) is 4. The van der Waals surface area contributed by atoms with Gasteiger partial charge in [0, 0.05) is 48.5 Å². The van der Waals surface area contributed by atoms with Crippen LogP contribution in [0.25, 0.3) is 22.0 Å². The van der Waals surface area contributed by atoms with Crippen molar-refractivity contribution in [3.63, 3.8) is 0 Å². The van der Waals surface area contributed by atoms with Crippen LogP contribution in [-0.4, -0.2) is 46.7 Å². The summed E-state index contributed by atoms with van der Waals surface area (Å²) >= 11 is 0. The molecule has 0 aliphatic carbocycles. The first-order chi connectivity index (χ1) is 15.0. The van der Waals surface area contributed by atoms with E-state index < -0.39 is 0 Å². The van der Waals surface area contributed by atoms with Gasteiger partial charge in [-0.1, -0.05) is 6.08 Å². The van der Waals surface area contributed by atoms with E-state index in [-0.39, 0.29) is 28.6 Å². The molecule has 4 rings (SSSR count). The highest BCUT2D eigenvalue weighted by molar-refractivity contribution is 5.99. The summed E-state index contributed by atoms with van der Waals surface area (Å²) in [5.74, 6) is -0.294. The molecule has 1 amide bonds. The average Bonchev–Trinajstić information content (AvgIpc) is 3.29. The van der Waals surface area contributed by atoms with Crippen LogP contribution in [0.4, 0.5) is 0 Å². The van der Waals surface area contributed by atoms with Gasteiger partial charge in [0.2, 0.25) is 0 Å². The van der Waals surface area contributed by atoms with Crippen molar-refractivity contribution in [1.82, 2.24) is 14.5 Å². The number of aromatic amines is 1. The molecule has 7 nitrogen and oxygen atoms in total. The Morgan fingerprint density at radius 1 is 1.40 bits per heavy atom. The number of ether oxygens (including phenoxy) is 1. The molecule has 3 aromatic rings. The Bertz CT molecular complexity index is 1260. The van der Waals surface area contributed by atoms with Crippen molar-refractivity contribution >= 4 is 16.8 Å². The van der Waals surface area contributed by atoms with Crippen molar-refractivity contribution in [3.8, 4) is 17.2 Å². The molecule has 3 heterocycles. The summed E-state index contributed by atoms with van der Waals surface area (Å²) in [6, 6.07) is 6.99. The third-order valence-electron chi connectivity index (χ3n) is 5.20. The minimum Gasteiger partial charge on any atom is -0.378 e. The molecule has 1 saturated heterocycles. The highest BCUT2D eigenvalue weighted by Crippen LogP contribution is 2.29. The first kappa shape index (κ1) is 18.4. The standard InChI is InChI=1S/C23H22N4O3/c1-2-3-6-27-15-20(19-4-5-25-21(19)23(27)29)17-11-16(14-24)12-18(13-17)22(28)26-7-9-30-10-8-26/h2,4-5,11-13,15,25H,1,3,6-10H2/i12D. The summed E-state index contributed by atoms with van der Waals surface area (Å²) in [5, 5.41) is 10.3. The summed E-state index contributed by atoms with van der Waals surface area (Å²) in [4.78, 5) is 30.5. The second-order valence-corrected chi connectivity index (χ2v) is 7.10. The number of benzene rings is 1. The topological polar surface area (TPSA) is 91.1 Å². The Morgan fingerprint density at radius 3 is 2.93 bits per heavy atom. The van der Waals surface area contributed by atoms with Gasteiger partial charge >= 0.3 is 0 Å². The number of aryl methyl sites for hydroxylation is 1. The molecule has 1 N–H and O–H groups in total. The molecule has 0 saturated carbocycles. The Kier molecular flexibility index (Phi) is 5.15. The fourth-order valence-electron chi connectivity index (χ4n) is 3.66. The van der Waals surface area contributed by atoms with E-state index in [4.69, 9.17) is 6.11 Å². The van der Waals surface area contributed by atoms with Gasteiger partial charge in [-0.3, -0.25) is 9.59 Å². The van der Waals surface area contributed by atoms with Crippen LogP contribution < -0.4 is 5.56 Å². The minimum atomic E-state index is -0.294. The third-order valence-corrected chi connectivity index (χ3v) is 5.20. The normalized spacial score (nSPS) is 14.4. The van der Waals surface area contributed by atoms with E-state index in [1.54, 1.807) is 46.1 Å². The molecule has 0 bridgehead atoms. The van der Waals surface area contributed by atoms with Crippen LogP contribution in [0, 0.1) is 11.3 Å². The number of amides is 1. The van der Waals surface area contributed by atoms with E-state index >= 15 is 0 Å². The first-order valence-electron chi connectivity index (χ1n) is 10.3. The van der Waals surface area contributed by atoms with E-state index in [0.29, 0.717) is 61.3 Å². The number of morpholine rings is 1. The number of hydrogen-bond donors (Lipinski definition) is 1. The second kappa shape index (κ2) is 8.39. The van der Waals surface area contributed by atoms with E-state index in [2.05, 4.69) is 11.6 Å². The van der Waals surface area contributed by atoms with E-state index in [0.717, 1.165) is 0 Å². The summed E-state index contributed by atoms with van der Waals surface area (Å²) in [5.41, 5.74) is 1.92. The van der Waals surface area contributed by atoms with Gasteiger partial charge in [0.05, 0.1) is 26.2 Å². The monoisotopic (exact) mass is 403 g/mol. The van der Waals surface area contributed by atoms with Crippen LogP contribution in [0.15, 0.2) is 54.1 Å². The predicted octanol–water partition coefficient (Wildman–Crippen LogP) is 2.92. The van der Waals surface area contributed by atoms with Crippen molar-refractivity contribution < 1.29 is 10.9 Å². The predicted molar refractivity (Wildman–Crippen MR) is 114 cm³/mol. The van der Waals surface area contributed by atoms with E-state index in [9.17, 15) is 14.9 Å². The van der Waals surface area contributed by atoms with Crippen LogP contribution in [-0.2, 0) is 11.3 Å². The SMILES string of the molecule is [2H]c1c(C#N)cc(-c2cn(CCC=C)c(=O)c3[nH]ccc23)cc1C(=O)N1CCOCC1. The number of allylic oxidation sites excluding steroid dienone is 1. The average molecular weight is 403 g/mol. The van der Waals surface area contributed by atoms with Crippen molar-refractivity contribution in [2.24, 2.45) is 0 Å². The largest absolute Gasteiger partial charge is 0.378 e. The zero-order valence-corrected chi connectivity index (χ0v) is 16.5. The van der Waals surface area contributed by atoms with Crippen LogP contribution in [0.2, 0.25) is 0 Å². The van der Waals surface area contributed by atoms with Gasteiger partial charge in [-0.15, -0.1) is 6.58 Å². The number of fused-ring (bicyclic) bond motifs is 1. The number of pyridine rings is 1. The number of nitrogens with zero attached hydrogens (tertiary/aromatic N) is 3. The number of H-pyrrole nitrogens is 1. The lowest BCUT2D eigenvalue weighted by molar-refractivity contribution is 0.0303. The molecular weight excluding hydrogens is 380 g/mol. The lowest BCUT2D eigenvalue weighted by atomic mass is 9.98. The summed E-state index contributed by atoms with van der Waals surface area (Å²) in [7, 11) is 0. The van der Waals surface area contributed by atoms with Gasteiger partial charge in [0.25, 0.3) is 11.5 Å². The number of rotatable bonds is 5. The number of nitrogens with one attached hydrogen (secondary N) is 1. The quantitative estimate of drug-likeness (QED) is 0.663. The maximum atomic E-state index is 13.1. The number of nitriles is 1. The molecule has 30 heavy (non-hydrogen) atoms. The zero-order valence-electron chi connectivity index (χ0n) is 17.5. The highest BCUT2D eigenvalue weighted by atomic mass is 16.5. The van der Waals surface area contributed by atoms with Crippen molar-refractivity contribution in [1.29, 1.82) is 5.26 Å². The van der Waals surface area contributed by atoms with Crippen molar-refractivity contribution in [2.45, 2.75) is 13.0 Å². The molecule has 1 aliphatic rings. The van der Waals surface area contributed by atoms with Gasteiger partial charge < -0.3 is 19.2 Å². The Morgan fingerprint density at radius 2 is 2.20 bits per heavy atom. The molecule has 7 heteroatoms. The van der Waals surface area contributed by atoms with Gasteiger partial charge in [-0.05, 0) is 36.2 Å². The second-order valence-electron chi connectivity index (χ2n) is 7.10. The lowest BCUT2D eigenvalue weighted by Crippen LogP contribution is -2.40. The third kappa shape index (κ3) is 3.65. The number of carbonyl (C=O) groups excluding carboxylic acids is 1. The number of carbonyl (C=O) groups is 1. The molecule has 0 spiro atoms. The minimum absolute atomic E-state index is 0.0898. The van der Waals surface area contributed by atoms with Crippen LogP contribution >= 0.6 is 0 Å². The smallest absolute Gasteiger partial charge is 0.274 e. The fraction of sp³-hybridized carbons (Fsp3) is 0.261. The maximum absolute atomic E-state index is 13.1. The molecule has 0 radical (unpaired) electrons. The van der Waals surface area contributed by atoms with E-state index in [1.807, 2.05) is 6.07 Å². The Balaban J connectivity index is 1.89. The molecule has 1 aliphatic heterocycles. The fourth-order valence-corrected chi connectivity index (χ4v) is 3.66. The molecule has 0 unspecified atom stereocenters. The number of aromatic nitrogens is 2. The highest BCUT2D eigenvalue weighted by Gasteiger charge is 2.20. The molecule has 152 valence electrons. The van der Waals surface area contributed by atoms with E-state index in [1.165, 1.54) is 0 Å². The lowest BCUT2D eigenvalue weighted by Gasteiger charge is -2.27. The van der Waals surface area contributed by atoms with Crippen LogP contribution in [0.3, 0.4) is 0 Å². The van der Waals surface area contributed by atoms with Gasteiger partial charge in [0.15, 0.2) is 0 Å². The maximum Gasteiger partial charge on any atom is 0.274 e. The molecule has 1 aromatic carbocycles. The molecular formula is C23H22N4O3. The van der Waals surface area contributed by atoms with Crippen LogP contribution in [0.1, 0.15) is 23.7 Å². The van der Waals surface area contributed by atoms with Gasteiger partial charge in [0.1, 0.15) is 5.52 Å². The zero-order chi connectivity index (χ0) is 22.0. The van der Waals surface area contributed by atoms with Crippen molar-refractivity contribution in [3.05, 3.63) is 70.8 Å². The summed E-state index contributed by atoms with van der Waals surface area (Å²) < 4.78 is 15.3. The summed E-state index contributed by atoms with van der Waals surface area (Å²) in [6.07, 6.45) is 5.80. The van der Waals surface area contributed by atoms with Crippen LogP contribution in [0.5, 0.6) is 0 Å². The van der Waals surface area contributed by atoms with Gasteiger partial charge in [-0.2, -0.15) is 5.26 Å². The Hall–Kier alpha value is -3.63. The summed E-state index contributed by atoms with van der Waals surface area (Å²) in [6.45, 7) is 5.96.